The molecule has 1 fully saturated rings. The van der Waals surface area contributed by atoms with E-state index in [2.05, 4.69) is 26.3 Å². The molecule has 3 aromatic heterocycles. The second-order valence-electron chi connectivity index (χ2n) is 7.97. The van der Waals surface area contributed by atoms with E-state index >= 15 is 0 Å². The zero-order valence-corrected chi connectivity index (χ0v) is 18.7. The molecule has 1 N–H and O–H groups in total. The largest absolute Gasteiger partial charge is 0.493 e. The lowest BCUT2D eigenvalue weighted by molar-refractivity contribution is 0.0790. The minimum absolute atomic E-state index is 0.0114. The fourth-order valence-electron chi connectivity index (χ4n) is 3.97. The summed E-state index contributed by atoms with van der Waals surface area (Å²) in [4.78, 5) is 19.2. The molecule has 4 aromatic rings. The Bertz CT molecular complexity index is 1220. The van der Waals surface area contributed by atoms with E-state index in [-0.39, 0.29) is 11.8 Å². The van der Waals surface area contributed by atoms with Crippen LogP contribution in [0.15, 0.2) is 67.1 Å². The summed E-state index contributed by atoms with van der Waals surface area (Å²) in [6.45, 7) is 1.87. The Morgan fingerprint density at radius 1 is 1.21 bits per heavy atom. The molecule has 5 rings (SSSR count). The van der Waals surface area contributed by atoms with Crippen LogP contribution in [0.3, 0.4) is 0 Å². The summed E-state index contributed by atoms with van der Waals surface area (Å²) < 4.78 is 7.42. The van der Waals surface area contributed by atoms with E-state index in [1.807, 2.05) is 35.4 Å². The molecular weight excluding hydrogens is 440 g/mol. The van der Waals surface area contributed by atoms with Crippen LogP contribution in [-0.4, -0.2) is 55.5 Å². The highest BCUT2D eigenvalue weighted by molar-refractivity contribution is 6.30. The van der Waals surface area contributed by atoms with Crippen LogP contribution >= 0.6 is 11.6 Å². The lowest BCUT2D eigenvalue weighted by Gasteiger charge is -2.16. The van der Waals surface area contributed by atoms with Crippen molar-refractivity contribution in [1.29, 1.82) is 0 Å². The van der Waals surface area contributed by atoms with Gasteiger partial charge in [-0.1, -0.05) is 17.7 Å². The molecule has 8 nitrogen and oxygen atoms in total. The first-order chi connectivity index (χ1) is 16.2. The summed E-state index contributed by atoms with van der Waals surface area (Å²) in [5.74, 6) is 1.63. The molecule has 33 heavy (non-hydrogen) atoms. The highest BCUT2D eigenvalue weighted by atomic mass is 35.5. The highest BCUT2D eigenvalue weighted by Gasteiger charge is 2.29. The Hall–Kier alpha value is -3.65. The second kappa shape index (κ2) is 9.46. The van der Waals surface area contributed by atoms with Gasteiger partial charge in [-0.25, -0.2) is 9.67 Å². The lowest BCUT2D eigenvalue weighted by Crippen LogP contribution is -2.28. The summed E-state index contributed by atoms with van der Waals surface area (Å²) in [6, 6.07) is 14.9. The molecule has 168 valence electrons. The second-order valence-corrected chi connectivity index (χ2v) is 8.40. The van der Waals surface area contributed by atoms with E-state index in [1.165, 1.54) is 0 Å². The quantitative estimate of drug-likeness (QED) is 0.450. The molecule has 1 aliphatic rings. The molecule has 0 saturated carbocycles. The standard InChI is InChI=1S/C24H23ClN6O2/c25-19-3-1-4-21(13-19)33-12-8-20-14-22(29-28-20)18-7-11-30(16-18)24(32)17-5-6-23(26-15-17)31-10-2-9-27-31/h1-6,9-10,13-15,18H,7-8,11-12,16H2,(H,28,29)/t18-/m1/s1. The molecule has 0 unspecified atom stereocenters. The zero-order valence-electron chi connectivity index (χ0n) is 17.9. The van der Waals surface area contributed by atoms with Crippen molar-refractivity contribution in [2.24, 2.45) is 0 Å². The van der Waals surface area contributed by atoms with E-state index in [4.69, 9.17) is 16.3 Å². The Balaban J connectivity index is 1.15. The molecule has 1 amide bonds. The Morgan fingerprint density at radius 3 is 2.94 bits per heavy atom. The maximum atomic E-state index is 12.9. The first-order valence-electron chi connectivity index (χ1n) is 10.8. The average molecular weight is 463 g/mol. The first-order valence-corrected chi connectivity index (χ1v) is 11.2. The minimum atomic E-state index is -0.0114. The Kier molecular flexibility index (Phi) is 6.08. The van der Waals surface area contributed by atoms with Crippen LogP contribution in [0.4, 0.5) is 0 Å². The van der Waals surface area contributed by atoms with Gasteiger partial charge in [0.15, 0.2) is 5.82 Å². The summed E-state index contributed by atoms with van der Waals surface area (Å²) in [6.07, 6.45) is 6.71. The van der Waals surface area contributed by atoms with E-state index < -0.39 is 0 Å². The van der Waals surface area contributed by atoms with Gasteiger partial charge in [0.25, 0.3) is 5.91 Å². The number of likely N-dealkylation sites (tertiary alicyclic amines) is 1. The van der Waals surface area contributed by atoms with Crippen LogP contribution in [0.25, 0.3) is 5.82 Å². The third-order valence-corrected chi connectivity index (χ3v) is 5.95. The number of carbonyl (C=O) groups excluding carboxylic acids is 1. The van der Waals surface area contributed by atoms with Gasteiger partial charge < -0.3 is 9.64 Å². The number of pyridine rings is 1. The summed E-state index contributed by atoms with van der Waals surface area (Å²) >= 11 is 5.99. The van der Waals surface area contributed by atoms with E-state index in [1.54, 1.807) is 35.3 Å². The number of aromatic amines is 1. The number of amides is 1. The number of ether oxygens (including phenoxy) is 1. The number of nitrogens with zero attached hydrogens (tertiary/aromatic N) is 5. The molecule has 0 aliphatic carbocycles. The molecule has 1 saturated heterocycles. The van der Waals surface area contributed by atoms with Crippen molar-refractivity contribution in [1.82, 2.24) is 29.9 Å². The monoisotopic (exact) mass is 462 g/mol. The van der Waals surface area contributed by atoms with Gasteiger partial charge in [0, 0.05) is 54.7 Å². The third-order valence-electron chi connectivity index (χ3n) is 5.71. The molecule has 1 aliphatic heterocycles. The number of carbonyl (C=O) groups is 1. The molecular formula is C24H23ClN6O2. The van der Waals surface area contributed by atoms with E-state index in [0.29, 0.717) is 42.5 Å². The van der Waals surface area contributed by atoms with Crippen molar-refractivity contribution < 1.29 is 9.53 Å². The van der Waals surface area contributed by atoms with Crippen molar-refractivity contribution >= 4 is 17.5 Å². The molecule has 4 heterocycles. The van der Waals surface area contributed by atoms with Crippen molar-refractivity contribution in [2.75, 3.05) is 19.7 Å². The third kappa shape index (κ3) is 4.90. The minimum Gasteiger partial charge on any atom is -0.493 e. The number of hydrogen-bond donors (Lipinski definition) is 1. The normalized spacial score (nSPS) is 15.7. The van der Waals surface area contributed by atoms with Gasteiger partial charge in [-0.15, -0.1) is 0 Å². The maximum absolute atomic E-state index is 12.9. The van der Waals surface area contributed by atoms with Gasteiger partial charge in [0.2, 0.25) is 0 Å². The van der Waals surface area contributed by atoms with Crippen LogP contribution < -0.4 is 4.74 Å². The van der Waals surface area contributed by atoms with Crippen LogP contribution in [0.1, 0.15) is 34.1 Å². The number of rotatable bonds is 7. The zero-order chi connectivity index (χ0) is 22.6. The molecule has 0 bridgehead atoms. The summed E-state index contributed by atoms with van der Waals surface area (Å²) in [5, 5.41) is 12.4. The van der Waals surface area contributed by atoms with Crippen molar-refractivity contribution in [3.8, 4) is 11.6 Å². The van der Waals surface area contributed by atoms with Gasteiger partial charge in [-0.2, -0.15) is 10.2 Å². The van der Waals surface area contributed by atoms with E-state index in [0.717, 1.165) is 23.6 Å². The van der Waals surface area contributed by atoms with Crippen LogP contribution in [0, 0.1) is 0 Å². The average Bonchev–Trinajstić information content (AvgIpc) is 3.61. The Morgan fingerprint density at radius 2 is 2.15 bits per heavy atom. The van der Waals surface area contributed by atoms with Gasteiger partial charge in [-0.05, 0) is 48.9 Å². The molecule has 9 heteroatoms. The number of benzene rings is 1. The SMILES string of the molecule is O=C(c1ccc(-n2cccn2)nc1)N1CC[C@@H](c2cc(CCOc3cccc(Cl)c3)[nH]n2)C1. The smallest absolute Gasteiger partial charge is 0.255 e. The van der Waals surface area contributed by atoms with Gasteiger partial charge in [0.05, 0.1) is 17.9 Å². The van der Waals surface area contributed by atoms with Crippen molar-refractivity contribution in [3.63, 3.8) is 0 Å². The van der Waals surface area contributed by atoms with Crippen LogP contribution in [0.2, 0.25) is 5.02 Å². The fourth-order valence-corrected chi connectivity index (χ4v) is 4.15. The molecule has 0 radical (unpaired) electrons. The van der Waals surface area contributed by atoms with Crippen LogP contribution in [0.5, 0.6) is 5.75 Å². The molecule has 1 atom stereocenters. The van der Waals surface area contributed by atoms with Gasteiger partial charge in [-0.3, -0.25) is 9.89 Å². The van der Waals surface area contributed by atoms with E-state index in [9.17, 15) is 4.79 Å². The highest BCUT2D eigenvalue weighted by Crippen LogP contribution is 2.27. The van der Waals surface area contributed by atoms with Crippen molar-refractivity contribution in [3.05, 3.63) is 89.1 Å². The molecule has 1 aromatic carbocycles. The topological polar surface area (TPSA) is 88.9 Å². The fraction of sp³-hybridized carbons (Fsp3) is 0.250. The van der Waals surface area contributed by atoms with Gasteiger partial charge in [0.1, 0.15) is 5.75 Å². The van der Waals surface area contributed by atoms with Crippen LogP contribution in [-0.2, 0) is 6.42 Å². The first kappa shape index (κ1) is 21.2. The predicted molar refractivity (Wildman–Crippen MR) is 124 cm³/mol. The number of H-pyrrole nitrogens is 1. The number of hydrogen-bond acceptors (Lipinski definition) is 5. The molecule has 0 spiro atoms. The van der Waals surface area contributed by atoms with Gasteiger partial charge >= 0.3 is 0 Å². The lowest BCUT2D eigenvalue weighted by atomic mass is 10.0. The summed E-state index contributed by atoms with van der Waals surface area (Å²) in [5.41, 5.74) is 2.57. The number of nitrogens with one attached hydrogen (secondary N) is 1. The summed E-state index contributed by atoms with van der Waals surface area (Å²) in [7, 11) is 0. The maximum Gasteiger partial charge on any atom is 0.255 e. The predicted octanol–water partition coefficient (Wildman–Crippen LogP) is 3.90. The number of aromatic nitrogens is 5. The van der Waals surface area contributed by atoms with Crippen molar-refractivity contribution in [2.45, 2.75) is 18.8 Å². The number of halogens is 1. The Labute approximate surface area is 196 Å².